The lowest BCUT2D eigenvalue weighted by molar-refractivity contribution is -0.156. The number of anilines is 1. The molecule has 0 heterocycles. The van der Waals surface area contributed by atoms with Gasteiger partial charge in [0.2, 0.25) is 0 Å². The number of rotatable bonds is 7. The number of nitrogens with one attached hydrogen (secondary N) is 2. The predicted molar refractivity (Wildman–Crippen MR) is 154 cm³/mol. The molecule has 7 nitrogen and oxygen atoms in total. The van der Waals surface area contributed by atoms with Crippen molar-refractivity contribution < 1.29 is 28.2 Å². The van der Waals surface area contributed by atoms with E-state index in [-0.39, 0.29) is 18.4 Å². The van der Waals surface area contributed by atoms with Crippen LogP contribution in [0.5, 0.6) is 0 Å². The summed E-state index contributed by atoms with van der Waals surface area (Å²) in [6.07, 6.45) is -0.599. The van der Waals surface area contributed by atoms with Crippen LogP contribution in [-0.2, 0) is 20.8 Å². The highest BCUT2D eigenvalue weighted by Crippen LogP contribution is 2.28. The third-order valence-electron chi connectivity index (χ3n) is 5.69. The Hall–Kier alpha value is -4.20. The van der Waals surface area contributed by atoms with Gasteiger partial charge in [-0.25, -0.2) is 9.18 Å². The van der Waals surface area contributed by atoms with Crippen LogP contribution in [0.4, 0.5) is 14.9 Å². The molecule has 0 saturated heterocycles. The number of para-hydroxylation sites is 1. The maximum Gasteiger partial charge on any atom is 0.407 e. The van der Waals surface area contributed by atoms with Crippen molar-refractivity contribution in [3.63, 3.8) is 0 Å². The first-order valence-electron chi connectivity index (χ1n) is 13.1. The Balaban J connectivity index is 1.79. The van der Waals surface area contributed by atoms with E-state index in [2.05, 4.69) is 10.6 Å². The van der Waals surface area contributed by atoms with Crippen molar-refractivity contribution >= 4 is 23.7 Å². The molecule has 0 aliphatic carbocycles. The first kappa shape index (κ1) is 30.3. The Morgan fingerprint density at radius 3 is 2.17 bits per heavy atom. The molecule has 0 bridgehead atoms. The molecule has 2 N–H and O–H groups in total. The third kappa shape index (κ3) is 8.93. The lowest BCUT2D eigenvalue weighted by Crippen LogP contribution is -2.32. The fourth-order valence-electron chi connectivity index (χ4n) is 3.95. The van der Waals surface area contributed by atoms with Gasteiger partial charge in [0.05, 0.1) is 5.92 Å². The molecular formula is C32H37FN2O5. The summed E-state index contributed by atoms with van der Waals surface area (Å²) in [6, 6.07) is 18.3. The van der Waals surface area contributed by atoms with Crippen LogP contribution in [0.25, 0.3) is 11.1 Å². The molecule has 0 aromatic heterocycles. The summed E-state index contributed by atoms with van der Waals surface area (Å²) in [5.41, 5.74) is 1.93. The van der Waals surface area contributed by atoms with Crippen LogP contribution in [0.15, 0.2) is 66.7 Å². The van der Waals surface area contributed by atoms with Crippen molar-refractivity contribution in [1.29, 1.82) is 0 Å². The summed E-state index contributed by atoms with van der Waals surface area (Å²) >= 11 is 0. The Bertz CT molecular complexity index is 1390. The van der Waals surface area contributed by atoms with E-state index >= 15 is 0 Å². The minimum Gasteiger partial charge on any atom is -0.460 e. The number of carbonyl (C=O) groups is 3. The molecule has 0 fully saturated rings. The molecule has 0 aliphatic rings. The van der Waals surface area contributed by atoms with Crippen LogP contribution < -0.4 is 10.6 Å². The first-order chi connectivity index (χ1) is 18.6. The smallest absolute Gasteiger partial charge is 0.407 e. The van der Waals surface area contributed by atoms with Gasteiger partial charge in [0, 0.05) is 17.8 Å². The molecule has 0 saturated carbocycles. The predicted octanol–water partition coefficient (Wildman–Crippen LogP) is 7.21. The highest BCUT2D eigenvalue weighted by atomic mass is 19.1. The van der Waals surface area contributed by atoms with Crippen molar-refractivity contribution in [2.75, 3.05) is 5.32 Å². The maximum atomic E-state index is 14.5. The average Bonchev–Trinajstić information content (AvgIpc) is 2.85. The minimum atomic E-state index is -0.646. The van der Waals surface area contributed by atoms with E-state index in [0.717, 1.165) is 0 Å². The Morgan fingerprint density at radius 1 is 0.825 bits per heavy atom. The summed E-state index contributed by atoms with van der Waals surface area (Å²) in [6.45, 7) is 12.5. The highest BCUT2D eigenvalue weighted by molar-refractivity contribution is 6.05. The maximum absolute atomic E-state index is 14.5. The number of halogens is 1. The number of benzene rings is 3. The fraction of sp³-hybridized carbons (Fsp3) is 0.344. The second-order valence-electron chi connectivity index (χ2n) is 11.6. The summed E-state index contributed by atoms with van der Waals surface area (Å²) in [5.74, 6) is -1.84. The van der Waals surface area contributed by atoms with Crippen molar-refractivity contribution in [1.82, 2.24) is 5.32 Å². The number of hydrogen-bond donors (Lipinski definition) is 2. The van der Waals surface area contributed by atoms with E-state index in [4.69, 9.17) is 9.47 Å². The molecule has 3 aromatic carbocycles. The van der Waals surface area contributed by atoms with Crippen molar-refractivity contribution in [3.8, 4) is 11.1 Å². The molecule has 1 atom stereocenters. The van der Waals surface area contributed by atoms with Gasteiger partial charge in [-0.1, -0.05) is 30.3 Å². The summed E-state index contributed by atoms with van der Waals surface area (Å²) < 4.78 is 25.2. The molecule has 3 rings (SSSR count). The van der Waals surface area contributed by atoms with Gasteiger partial charge in [-0.2, -0.15) is 0 Å². The molecule has 40 heavy (non-hydrogen) atoms. The van der Waals surface area contributed by atoms with E-state index in [0.29, 0.717) is 33.5 Å². The Labute approximate surface area is 235 Å². The number of hydrogen-bond acceptors (Lipinski definition) is 5. The van der Waals surface area contributed by atoms with Crippen LogP contribution in [0, 0.1) is 5.82 Å². The highest BCUT2D eigenvalue weighted by Gasteiger charge is 2.25. The monoisotopic (exact) mass is 548 g/mol. The largest absolute Gasteiger partial charge is 0.460 e. The van der Waals surface area contributed by atoms with Crippen molar-refractivity contribution in [2.24, 2.45) is 0 Å². The van der Waals surface area contributed by atoms with Gasteiger partial charge >= 0.3 is 12.1 Å². The van der Waals surface area contributed by atoms with E-state index in [1.54, 1.807) is 103 Å². The Morgan fingerprint density at radius 2 is 1.50 bits per heavy atom. The van der Waals surface area contributed by atoms with E-state index in [1.165, 1.54) is 12.1 Å². The van der Waals surface area contributed by atoms with Crippen LogP contribution in [0.1, 0.15) is 75.9 Å². The van der Waals surface area contributed by atoms with Gasteiger partial charge in [0.25, 0.3) is 5.91 Å². The van der Waals surface area contributed by atoms with Crippen molar-refractivity contribution in [3.05, 3.63) is 89.2 Å². The summed E-state index contributed by atoms with van der Waals surface area (Å²) in [7, 11) is 0. The second kappa shape index (κ2) is 12.3. The topological polar surface area (TPSA) is 93.7 Å². The van der Waals surface area contributed by atoms with Crippen molar-refractivity contribution in [2.45, 2.75) is 72.1 Å². The number of carbonyl (C=O) groups excluding carboxylic acids is 3. The molecule has 1 unspecified atom stereocenters. The molecule has 8 heteroatoms. The van der Waals surface area contributed by atoms with E-state index < -0.39 is 29.0 Å². The fourth-order valence-corrected chi connectivity index (χ4v) is 3.95. The molecular weight excluding hydrogens is 511 g/mol. The quantitative estimate of drug-likeness (QED) is 0.304. The van der Waals surface area contributed by atoms with Crippen LogP contribution in [0.3, 0.4) is 0 Å². The Kier molecular flexibility index (Phi) is 9.35. The van der Waals surface area contributed by atoms with Gasteiger partial charge in [-0.15, -0.1) is 0 Å². The lowest BCUT2D eigenvalue weighted by Gasteiger charge is -2.23. The number of amides is 2. The molecule has 0 radical (unpaired) electrons. The lowest BCUT2D eigenvalue weighted by atomic mass is 9.98. The van der Waals surface area contributed by atoms with Gasteiger partial charge in [0.1, 0.15) is 17.0 Å². The average molecular weight is 549 g/mol. The zero-order valence-electron chi connectivity index (χ0n) is 24.1. The SMILES string of the molecule is CC(C(=O)OC(C)(C)C)c1ccccc1NC(=O)c1cccc(-c2cc(F)cc(CNC(=O)OC(C)(C)C)c2)c1. The van der Waals surface area contributed by atoms with Gasteiger partial charge in [-0.3, -0.25) is 9.59 Å². The zero-order valence-corrected chi connectivity index (χ0v) is 24.1. The summed E-state index contributed by atoms with van der Waals surface area (Å²) in [4.78, 5) is 37.9. The molecule has 3 aromatic rings. The number of ether oxygens (including phenoxy) is 2. The zero-order chi connectivity index (χ0) is 29.7. The third-order valence-corrected chi connectivity index (χ3v) is 5.69. The first-order valence-corrected chi connectivity index (χ1v) is 13.1. The molecule has 0 aliphatic heterocycles. The number of esters is 1. The van der Waals surface area contributed by atoms with Gasteiger partial charge in [0.15, 0.2) is 0 Å². The van der Waals surface area contributed by atoms with E-state index in [1.807, 2.05) is 0 Å². The summed E-state index contributed by atoms with van der Waals surface area (Å²) in [5, 5.41) is 5.52. The molecule has 212 valence electrons. The molecule has 2 amide bonds. The van der Waals surface area contributed by atoms with Crippen LogP contribution >= 0.6 is 0 Å². The van der Waals surface area contributed by atoms with Gasteiger partial charge in [-0.05, 0) is 107 Å². The minimum absolute atomic E-state index is 0.0759. The van der Waals surface area contributed by atoms with Crippen LogP contribution in [-0.4, -0.2) is 29.2 Å². The normalized spacial score (nSPS) is 12.3. The standard InChI is InChI=1S/C32H37FN2O5/c1-20(29(37)39-31(2,3)4)26-13-8-9-14-27(26)35-28(36)23-12-10-11-22(17-23)24-15-21(16-25(33)18-24)19-34-30(38)40-32(5,6)7/h8-18,20H,19H2,1-7H3,(H,34,38)(H,35,36). The second-order valence-corrected chi connectivity index (χ2v) is 11.6. The van der Waals surface area contributed by atoms with E-state index in [9.17, 15) is 18.8 Å². The number of alkyl carbamates (subject to hydrolysis) is 1. The van der Waals surface area contributed by atoms with Crippen LogP contribution in [0.2, 0.25) is 0 Å². The van der Waals surface area contributed by atoms with Gasteiger partial charge < -0.3 is 20.1 Å². The molecule has 0 spiro atoms.